The zero-order valence-corrected chi connectivity index (χ0v) is 15.9. The van der Waals surface area contributed by atoms with E-state index in [-0.39, 0.29) is 32.6 Å². The Morgan fingerprint density at radius 3 is 2.39 bits per heavy atom. The van der Waals surface area contributed by atoms with Crippen LogP contribution in [0.2, 0.25) is 5.02 Å². The molecule has 0 radical (unpaired) electrons. The van der Waals surface area contributed by atoms with E-state index in [1.165, 1.54) is 48.5 Å². The minimum Gasteiger partial charge on any atom is -0.476 e. The fraction of sp³-hybridized carbons (Fsp3) is 0.0556. The van der Waals surface area contributed by atoms with Crippen molar-refractivity contribution in [2.75, 3.05) is 11.6 Å². The molecule has 2 N–H and O–H groups in total. The number of rotatable bonds is 5. The average Bonchev–Trinajstić information content (AvgIpc) is 2.61. The Balaban J connectivity index is 2.05. The second-order valence-corrected chi connectivity index (χ2v) is 8.24. The van der Waals surface area contributed by atoms with Gasteiger partial charge in [0.15, 0.2) is 15.5 Å². The number of carboxylic acid groups (broad SMARTS) is 1. The minimum absolute atomic E-state index is 0.0101. The molecule has 10 heteroatoms. The SMILES string of the molecule is CS(=O)(=O)c1ccc(Nc2cc(-c3c(F)cccc3Cl)nnc2C(=O)O)cc1. The molecule has 0 fully saturated rings. The zero-order valence-electron chi connectivity index (χ0n) is 14.3. The Kier molecular flexibility index (Phi) is 5.30. The second kappa shape index (κ2) is 7.53. The first-order chi connectivity index (χ1) is 13.2. The van der Waals surface area contributed by atoms with E-state index < -0.39 is 21.6 Å². The van der Waals surface area contributed by atoms with E-state index in [2.05, 4.69) is 15.5 Å². The molecule has 3 aromatic rings. The smallest absolute Gasteiger partial charge is 0.358 e. The van der Waals surface area contributed by atoms with Crippen molar-refractivity contribution in [3.8, 4) is 11.3 Å². The molecule has 0 amide bonds. The molecule has 2 aromatic carbocycles. The largest absolute Gasteiger partial charge is 0.476 e. The zero-order chi connectivity index (χ0) is 20.5. The first-order valence-electron chi connectivity index (χ1n) is 7.79. The van der Waals surface area contributed by atoms with Gasteiger partial charge >= 0.3 is 5.97 Å². The molecule has 0 aliphatic heterocycles. The molecule has 0 aliphatic rings. The molecule has 0 spiro atoms. The quantitative estimate of drug-likeness (QED) is 0.645. The number of sulfone groups is 1. The number of halogens is 2. The lowest BCUT2D eigenvalue weighted by Crippen LogP contribution is -2.08. The molecule has 0 bridgehead atoms. The second-order valence-electron chi connectivity index (χ2n) is 5.82. The summed E-state index contributed by atoms with van der Waals surface area (Å²) in [6.07, 6.45) is 1.08. The Labute approximate surface area is 164 Å². The number of aromatic nitrogens is 2. The summed E-state index contributed by atoms with van der Waals surface area (Å²) in [4.78, 5) is 11.6. The molecule has 0 aliphatic carbocycles. The number of nitrogens with one attached hydrogen (secondary N) is 1. The van der Waals surface area contributed by atoms with E-state index >= 15 is 0 Å². The number of hydrogen-bond acceptors (Lipinski definition) is 6. The number of anilines is 2. The summed E-state index contributed by atoms with van der Waals surface area (Å²) in [6.45, 7) is 0. The summed E-state index contributed by atoms with van der Waals surface area (Å²) in [5, 5.41) is 19.7. The van der Waals surface area contributed by atoms with Crippen molar-refractivity contribution < 1.29 is 22.7 Å². The molecular formula is C18H13ClFN3O4S. The maximum absolute atomic E-state index is 14.2. The summed E-state index contributed by atoms with van der Waals surface area (Å²) in [7, 11) is -3.37. The Hall–Kier alpha value is -3.04. The first-order valence-corrected chi connectivity index (χ1v) is 10.1. The van der Waals surface area contributed by atoms with E-state index in [0.717, 1.165) is 6.26 Å². The van der Waals surface area contributed by atoms with Gasteiger partial charge in [0.25, 0.3) is 0 Å². The van der Waals surface area contributed by atoms with Gasteiger partial charge in [-0.2, -0.15) is 0 Å². The van der Waals surface area contributed by atoms with E-state index in [1.807, 2.05) is 0 Å². The fourth-order valence-electron chi connectivity index (χ4n) is 2.45. The van der Waals surface area contributed by atoms with Gasteiger partial charge in [-0.05, 0) is 42.5 Å². The number of nitrogens with zero attached hydrogens (tertiary/aromatic N) is 2. The third-order valence-electron chi connectivity index (χ3n) is 3.78. The van der Waals surface area contributed by atoms with Gasteiger partial charge in [0.05, 0.1) is 26.9 Å². The van der Waals surface area contributed by atoms with Gasteiger partial charge in [-0.15, -0.1) is 10.2 Å². The summed E-state index contributed by atoms with van der Waals surface area (Å²) in [5.74, 6) is -1.97. The maximum Gasteiger partial charge on any atom is 0.358 e. The lowest BCUT2D eigenvalue weighted by Gasteiger charge is -2.12. The Morgan fingerprint density at radius 2 is 1.82 bits per heavy atom. The number of carboxylic acids is 1. The Bertz CT molecular complexity index is 1150. The highest BCUT2D eigenvalue weighted by atomic mass is 35.5. The predicted molar refractivity (Wildman–Crippen MR) is 102 cm³/mol. The molecule has 3 rings (SSSR count). The number of carbonyl (C=O) groups is 1. The minimum atomic E-state index is -3.37. The predicted octanol–water partition coefficient (Wildman–Crippen LogP) is 3.78. The van der Waals surface area contributed by atoms with Crippen LogP contribution in [0.25, 0.3) is 11.3 Å². The third-order valence-corrected chi connectivity index (χ3v) is 5.22. The van der Waals surface area contributed by atoms with Gasteiger partial charge in [0, 0.05) is 11.9 Å². The Morgan fingerprint density at radius 1 is 1.14 bits per heavy atom. The van der Waals surface area contributed by atoms with Gasteiger partial charge in [-0.1, -0.05) is 17.7 Å². The van der Waals surface area contributed by atoms with Crippen molar-refractivity contribution in [1.82, 2.24) is 10.2 Å². The van der Waals surface area contributed by atoms with Gasteiger partial charge in [-0.25, -0.2) is 17.6 Å². The van der Waals surface area contributed by atoms with Crippen LogP contribution in [-0.2, 0) is 9.84 Å². The van der Waals surface area contributed by atoms with Crippen molar-refractivity contribution in [2.45, 2.75) is 4.90 Å². The molecule has 28 heavy (non-hydrogen) atoms. The topological polar surface area (TPSA) is 109 Å². The van der Waals surface area contributed by atoms with E-state index in [4.69, 9.17) is 11.6 Å². The normalized spacial score (nSPS) is 11.2. The van der Waals surface area contributed by atoms with Crippen LogP contribution < -0.4 is 5.32 Å². The summed E-state index contributed by atoms with van der Waals surface area (Å²) >= 11 is 6.04. The highest BCUT2D eigenvalue weighted by Gasteiger charge is 2.18. The molecule has 0 saturated carbocycles. The fourth-order valence-corrected chi connectivity index (χ4v) is 3.34. The van der Waals surface area contributed by atoms with Gasteiger partial charge in [-0.3, -0.25) is 0 Å². The van der Waals surface area contributed by atoms with Crippen LogP contribution in [-0.4, -0.2) is 35.9 Å². The lowest BCUT2D eigenvalue weighted by molar-refractivity contribution is 0.0690. The highest BCUT2D eigenvalue weighted by molar-refractivity contribution is 7.90. The van der Waals surface area contributed by atoms with E-state index in [9.17, 15) is 22.7 Å². The molecule has 1 aromatic heterocycles. The van der Waals surface area contributed by atoms with E-state index in [0.29, 0.717) is 5.69 Å². The average molecular weight is 422 g/mol. The summed E-state index contributed by atoms with van der Waals surface area (Å²) < 4.78 is 37.3. The van der Waals surface area contributed by atoms with E-state index in [1.54, 1.807) is 0 Å². The maximum atomic E-state index is 14.2. The van der Waals surface area contributed by atoms with Crippen LogP contribution in [0.5, 0.6) is 0 Å². The number of benzene rings is 2. The van der Waals surface area contributed by atoms with Crippen LogP contribution in [0.1, 0.15) is 10.5 Å². The monoisotopic (exact) mass is 421 g/mol. The van der Waals surface area contributed by atoms with Crippen molar-refractivity contribution in [1.29, 1.82) is 0 Å². The van der Waals surface area contributed by atoms with Gasteiger partial charge in [0.2, 0.25) is 0 Å². The van der Waals surface area contributed by atoms with Crippen LogP contribution in [0.4, 0.5) is 15.8 Å². The van der Waals surface area contributed by atoms with Crippen LogP contribution in [0.3, 0.4) is 0 Å². The van der Waals surface area contributed by atoms with Crippen molar-refractivity contribution in [3.05, 3.63) is 65.1 Å². The summed E-state index contributed by atoms with van der Waals surface area (Å²) in [5.41, 5.74) is 0.105. The molecule has 0 atom stereocenters. The van der Waals surface area contributed by atoms with Crippen LogP contribution >= 0.6 is 11.6 Å². The van der Waals surface area contributed by atoms with Gasteiger partial charge in [0.1, 0.15) is 5.82 Å². The molecule has 0 unspecified atom stereocenters. The molecular weight excluding hydrogens is 409 g/mol. The number of aromatic carboxylic acids is 1. The van der Waals surface area contributed by atoms with Crippen molar-refractivity contribution >= 4 is 38.8 Å². The molecule has 1 heterocycles. The molecule has 0 saturated heterocycles. The lowest BCUT2D eigenvalue weighted by atomic mass is 10.1. The first kappa shape index (κ1) is 19.7. The standard InChI is InChI=1S/C18H13ClFN3O4S/c1-28(26,27)11-7-5-10(6-8-11)21-15-9-14(22-23-17(15)18(24)25)16-12(19)3-2-4-13(16)20/h2-9H,1H3,(H,21,22)(H,24,25). The number of hydrogen-bond donors (Lipinski definition) is 2. The van der Waals surface area contributed by atoms with Crippen molar-refractivity contribution in [2.24, 2.45) is 0 Å². The summed E-state index contributed by atoms with van der Waals surface area (Å²) in [6, 6.07) is 11.1. The third kappa shape index (κ3) is 4.10. The van der Waals surface area contributed by atoms with Crippen LogP contribution in [0, 0.1) is 5.82 Å². The van der Waals surface area contributed by atoms with Crippen LogP contribution in [0.15, 0.2) is 53.4 Å². The highest BCUT2D eigenvalue weighted by Crippen LogP contribution is 2.31. The molecule has 7 nitrogen and oxygen atoms in total. The van der Waals surface area contributed by atoms with Gasteiger partial charge < -0.3 is 10.4 Å². The molecule has 144 valence electrons. The van der Waals surface area contributed by atoms with Crippen molar-refractivity contribution in [3.63, 3.8) is 0 Å².